The molecule has 1 aliphatic heterocycles. The van der Waals surface area contributed by atoms with Crippen molar-refractivity contribution in [1.82, 2.24) is 0 Å². The average molecular weight is 289 g/mol. The molecule has 0 bridgehead atoms. The Hall–Kier alpha value is 0.440. The molecule has 2 heteroatoms. The second kappa shape index (κ2) is 4.97. The maximum absolute atomic E-state index is 6.16. The van der Waals surface area contributed by atoms with Gasteiger partial charge in [0.05, 0.1) is 11.7 Å². The smallest absolute Gasteiger partial charge is 0.0631 e. The maximum Gasteiger partial charge on any atom is 0.0631 e. The summed E-state index contributed by atoms with van der Waals surface area (Å²) in [5.74, 6) is 0. The van der Waals surface area contributed by atoms with Gasteiger partial charge in [0.1, 0.15) is 0 Å². The Bertz CT molecular complexity index is 231. The Labute approximate surface area is 108 Å². The highest BCUT2D eigenvalue weighted by molar-refractivity contribution is 9.09. The molecule has 0 N–H and O–H groups in total. The van der Waals surface area contributed by atoms with Crippen LogP contribution < -0.4 is 0 Å². The Morgan fingerprint density at radius 1 is 1.12 bits per heavy atom. The molecule has 2 fully saturated rings. The molecule has 2 aliphatic rings. The van der Waals surface area contributed by atoms with Gasteiger partial charge in [-0.3, -0.25) is 0 Å². The zero-order valence-electron chi connectivity index (χ0n) is 10.7. The summed E-state index contributed by atoms with van der Waals surface area (Å²) in [5, 5.41) is 1.17. The molecule has 0 amide bonds. The van der Waals surface area contributed by atoms with E-state index >= 15 is 0 Å². The van der Waals surface area contributed by atoms with Crippen molar-refractivity contribution in [1.29, 1.82) is 0 Å². The van der Waals surface area contributed by atoms with Crippen LogP contribution in [0.15, 0.2) is 0 Å². The molecule has 1 aliphatic carbocycles. The lowest BCUT2D eigenvalue weighted by molar-refractivity contribution is -0.0372. The van der Waals surface area contributed by atoms with Gasteiger partial charge in [-0.2, -0.15) is 0 Å². The Morgan fingerprint density at radius 3 is 2.31 bits per heavy atom. The SMILES string of the molecule is CC1(C)CCC(CC2(CBr)CCCCC2)O1. The minimum atomic E-state index is 0.132. The molecule has 1 nitrogen and oxygen atoms in total. The molecule has 16 heavy (non-hydrogen) atoms. The van der Waals surface area contributed by atoms with Gasteiger partial charge < -0.3 is 4.74 Å². The fourth-order valence-electron chi connectivity index (χ4n) is 3.40. The van der Waals surface area contributed by atoms with Crippen LogP contribution in [0.2, 0.25) is 0 Å². The summed E-state index contributed by atoms with van der Waals surface area (Å²) in [6, 6.07) is 0. The first kappa shape index (κ1) is 12.9. The number of hydrogen-bond donors (Lipinski definition) is 0. The van der Waals surface area contributed by atoms with Crippen LogP contribution in [0, 0.1) is 5.41 Å². The summed E-state index contributed by atoms with van der Waals surface area (Å²) in [4.78, 5) is 0. The van der Waals surface area contributed by atoms with Crippen LogP contribution in [0.1, 0.15) is 65.2 Å². The summed E-state index contributed by atoms with van der Waals surface area (Å²) in [5.41, 5.74) is 0.677. The van der Waals surface area contributed by atoms with Gasteiger partial charge >= 0.3 is 0 Å². The van der Waals surface area contributed by atoms with E-state index in [-0.39, 0.29) is 5.60 Å². The third kappa shape index (κ3) is 3.01. The van der Waals surface area contributed by atoms with Gasteiger partial charge in [-0.05, 0) is 51.4 Å². The zero-order valence-corrected chi connectivity index (χ0v) is 12.3. The topological polar surface area (TPSA) is 9.23 Å². The molecule has 1 atom stereocenters. The molecule has 0 spiro atoms. The monoisotopic (exact) mass is 288 g/mol. The first-order chi connectivity index (χ1) is 7.55. The molecular weight excluding hydrogens is 264 g/mol. The van der Waals surface area contributed by atoms with E-state index in [4.69, 9.17) is 4.74 Å². The van der Waals surface area contributed by atoms with E-state index in [1.165, 1.54) is 56.7 Å². The van der Waals surface area contributed by atoms with Crippen molar-refractivity contribution in [3.8, 4) is 0 Å². The molecule has 94 valence electrons. The molecule has 2 rings (SSSR count). The van der Waals surface area contributed by atoms with Crippen LogP contribution >= 0.6 is 15.9 Å². The van der Waals surface area contributed by atoms with E-state index in [1.54, 1.807) is 0 Å². The van der Waals surface area contributed by atoms with Crippen molar-refractivity contribution in [3.05, 3.63) is 0 Å². The number of rotatable bonds is 3. The summed E-state index contributed by atoms with van der Waals surface area (Å²) in [6.07, 6.45) is 11.4. The molecule has 1 saturated heterocycles. The second-order valence-electron chi connectivity index (χ2n) is 6.44. The highest BCUT2D eigenvalue weighted by Gasteiger charge is 2.39. The Balaban J connectivity index is 1.91. The quantitative estimate of drug-likeness (QED) is 0.685. The van der Waals surface area contributed by atoms with Gasteiger partial charge in [0.2, 0.25) is 0 Å². The molecule has 1 unspecified atom stereocenters. The molecular formula is C14H25BrO. The number of hydrogen-bond acceptors (Lipinski definition) is 1. The highest BCUT2D eigenvalue weighted by Crippen LogP contribution is 2.45. The molecule has 1 heterocycles. The lowest BCUT2D eigenvalue weighted by atomic mass is 9.72. The Morgan fingerprint density at radius 2 is 1.81 bits per heavy atom. The number of alkyl halides is 1. The van der Waals surface area contributed by atoms with Crippen molar-refractivity contribution in [2.24, 2.45) is 5.41 Å². The summed E-state index contributed by atoms with van der Waals surface area (Å²) >= 11 is 3.75. The average Bonchev–Trinajstić information content (AvgIpc) is 2.59. The predicted octanol–water partition coefficient (Wildman–Crippen LogP) is 4.68. The fourth-order valence-corrected chi connectivity index (χ4v) is 4.19. The number of halogens is 1. The van der Waals surface area contributed by atoms with E-state index < -0.39 is 0 Å². The highest BCUT2D eigenvalue weighted by atomic mass is 79.9. The van der Waals surface area contributed by atoms with Crippen LogP contribution in [0.4, 0.5) is 0 Å². The van der Waals surface area contributed by atoms with E-state index in [2.05, 4.69) is 29.8 Å². The van der Waals surface area contributed by atoms with Gasteiger partial charge in [0, 0.05) is 5.33 Å². The third-order valence-electron chi connectivity index (χ3n) is 4.41. The lowest BCUT2D eigenvalue weighted by Gasteiger charge is -2.38. The lowest BCUT2D eigenvalue weighted by Crippen LogP contribution is -2.31. The van der Waals surface area contributed by atoms with Crippen molar-refractivity contribution in [3.63, 3.8) is 0 Å². The zero-order chi connectivity index (χ0) is 11.6. The Kier molecular flexibility index (Phi) is 4.01. The molecule has 0 aromatic carbocycles. The fraction of sp³-hybridized carbons (Fsp3) is 1.00. The largest absolute Gasteiger partial charge is 0.372 e. The van der Waals surface area contributed by atoms with Crippen molar-refractivity contribution >= 4 is 15.9 Å². The summed E-state index contributed by atoms with van der Waals surface area (Å²) in [7, 11) is 0. The van der Waals surface area contributed by atoms with Crippen molar-refractivity contribution < 1.29 is 4.74 Å². The molecule has 1 saturated carbocycles. The van der Waals surface area contributed by atoms with Gasteiger partial charge in [-0.15, -0.1) is 0 Å². The van der Waals surface area contributed by atoms with E-state index in [0.717, 1.165) is 0 Å². The van der Waals surface area contributed by atoms with Gasteiger partial charge in [-0.1, -0.05) is 35.2 Å². The van der Waals surface area contributed by atoms with E-state index in [0.29, 0.717) is 11.5 Å². The summed E-state index contributed by atoms with van der Waals surface area (Å²) < 4.78 is 6.16. The van der Waals surface area contributed by atoms with Crippen molar-refractivity contribution in [2.45, 2.75) is 76.9 Å². The van der Waals surface area contributed by atoms with Gasteiger partial charge in [-0.25, -0.2) is 0 Å². The van der Waals surface area contributed by atoms with Crippen LogP contribution in [-0.2, 0) is 4.74 Å². The van der Waals surface area contributed by atoms with Gasteiger partial charge in [0.25, 0.3) is 0 Å². The maximum atomic E-state index is 6.16. The molecule has 0 aromatic heterocycles. The predicted molar refractivity (Wildman–Crippen MR) is 72.1 cm³/mol. The van der Waals surface area contributed by atoms with Crippen LogP contribution in [0.5, 0.6) is 0 Å². The minimum Gasteiger partial charge on any atom is -0.372 e. The number of ether oxygens (including phenoxy) is 1. The van der Waals surface area contributed by atoms with E-state index in [9.17, 15) is 0 Å². The second-order valence-corrected chi connectivity index (χ2v) is 7.00. The summed E-state index contributed by atoms with van der Waals surface area (Å²) in [6.45, 7) is 4.46. The standard InChI is InChI=1S/C14H25BrO/c1-13(2)9-6-12(16-13)10-14(11-15)7-4-3-5-8-14/h12H,3-11H2,1-2H3. The molecule has 0 radical (unpaired) electrons. The van der Waals surface area contributed by atoms with Crippen LogP contribution in [0.25, 0.3) is 0 Å². The first-order valence-electron chi connectivity index (χ1n) is 6.79. The van der Waals surface area contributed by atoms with Crippen LogP contribution in [-0.4, -0.2) is 17.0 Å². The normalized spacial score (nSPS) is 32.8. The van der Waals surface area contributed by atoms with Crippen molar-refractivity contribution in [2.75, 3.05) is 5.33 Å². The van der Waals surface area contributed by atoms with Crippen LogP contribution in [0.3, 0.4) is 0 Å². The minimum absolute atomic E-state index is 0.132. The third-order valence-corrected chi connectivity index (χ3v) is 5.60. The molecule has 0 aromatic rings. The first-order valence-corrected chi connectivity index (χ1v) is 7.91. The van der Waals surface area contributed by atoms with Gasteiger partial charge in [0.15, 0.2) is 0 Å². The van der Waals surface area contributed by atoms with E-state index in [1.807, 2.05) is 0 Å².